The van der Waals surface area contributed by atoms with E-state index in [4.69, 9.17) is 0 Å². The molecule has 0 radical (unpaired) electrons. The molecule has 0 bridgehead atoms. The predicted molar refractivity (Wildman–Crippen MR) is 81.7 cm³/mol. The molecule has 1 saturated heterocycles. The highest BCUT2D eigenvalue weighted by Gasteiger charge is 2.26. The van der Waals surface area contributed by atoms with Gasteiger partial charge in [-0.2, -0.15) is 0 Å². The largest absolute Gasteiger partial charge is 0.345 e. The van der Waals surface area contributed by atoms with Crippen LogP contribution in [0.4, 0.5) is 0 Å². The zero-order valence-corrected chi connectivity index (χ0v) is 12.5. The molecule has 1 aliphatic heterocycles. The maximum absolute atomic E-state index is 12.6. The van der Waals surface area contributed by atoms with Crippen LogP contribution in [-0.4, -0.2) is 38.8 Å². The van der Waals surface area contributed by atoms with Gasteiger partial charge in [0.05, 0.1) is 5.56 Å². The molecule has 0 saturated carbocycles. The molecule has 1 unspecified atom stereocenters. The van der Waals surface area contributed by atoms with E-state index in [0.717, 1.165) is 30.6 Å². The van der Waals surface area contributed by atoms with Gasteiger partial charge in [0, 0.05) is 43.3 Å². The molecule has 3 heterocycles. The predicted octanol–water partition coefficient (Wildman–Crippen LogP) is 1.49. The third kappa shape index (κ3) is 3.05. The monoisotopic (exact) mass is 298 g/mol. The van der Waals surface area contributed by atoms with Gasteiger partial charge in [0.15, 0.2) is 0 Å². The standard InChI is InChI=1S/C16H18N4O2/c1-11-7-13(9-17-8-11)15(21)20-6-2-3-12(10-20)14-4-5-18-16(22)19-14/h4-5,7-9,12H,2-3,6,10H2,1H3,(H,18,19,22). The van der Waals surface area contributed by atoms with Crippen molar-refractivity contribution < 1.29 is 4.79 Å². The molecule has 1 amide bonds. The number of piperidine rings is 1. The number of nitrogens with one attached hydrogen (secondary N) is 1. The Balaban J connectivity index is 1.78. The van der Waals surface area contributed by atoms with Crippen LogP contribution in [0.15, 0.2) is 35.5 Å². The molecule has 1 aliphatic rings. The second-order valence-corrected chi connectivity index (χ2v) is 5.67. The van der Waals surface area contributed by atoms with E-state index in [2.05, 4.69) is 15.0 Å². The van der Waals surface area contributed by atoms with E-state index in [1.165, 1.54) is 6.20 Å². The summed E-state index contributed by atoms with van der Waals surface area (Å²) >= 11 is 0. The first-order valence-electron chi connectivity index (χ1n) is 7.39. The van der Waals surface area contributed by atoms with Gasteiger partial charge in [-0.15, -0.1) is 0 Å². The van der Waals surface area contributed by atoms with Crippen LogP contribution >= 0.6 is 0 Å². The minimum absolute atomic E-state index is 0.00250. The van der Waals surface area contributed by atoms with Crippen molar-refractivity contribution in [2.75, 3.05) is 13.1 Å². The van der Waals surface area contributed by atoms with Gasteiger partial charge in [-0.05, 0) is 37.5 Å². The van der Waals surface area contributed by atoms with Crippen LogP contribution in [0.2, 0.25) is 0 Å². The number of aromatic amines is 1. The van der Waals surface area contributed by atoms with Crippen molar-refractivity contribution in [1.29, 1.82) is 0 Å². The number of aryl methyl sites for hydroxylation is 1. The highest BCUT2D eigenvalue weighted by Crippen LogP contribution is 2.25. The van der Waals surface area contributed by atoms with Crippen LogP contribution < -0.4 is 5.69 Å². The lowest BCUT2D eigenvalue weighted by Gasteiger charge is -2.32. The lowest BCUT2D eigenvalue weighted by molar-refractivity contribution is 0.0705. The number of hydrogen-bond acceptors (Lipinski definition) is 4. The van der Waals surface area contributed by atoms with Crippen molar-refractivity contribution >= 4 is 5.91 Å². The van der Waals surface area contributed by atoms with Crippen LogP contribution in [0.25, 0.3) is 0 Å². The Kier molecular flexibility index (Phi) is 4.00. The summed E-state index contributed by atoms with van der Waals surface area (Å²) in [4.78, 5) is 36.3. The molecule has 1 fully saturated rings. The summed E-state index contributed by atoms with van der Waals surface area (Å²) in [7, 11) is 0. The number of carbonyl (C=O) groups is 1. The average molecular weight is 298 g/mol. The van der Waals surface area contributed by atoms with Crippen LogP contribution in [-0.2, 0) is 0 Å². The van der Waals surface area contributed by atoms with Crippen molar-refractivity contribution in [3.05, 3.63) is 58.0 Å². The molecule has 3 rings (SSSR count). The lowest BCUT2D eigenvalue weighted by atomic mass is 9.94. The number of hydrogen-bond donors (Lipinski definition) is 1. The first-order valence-corrected chi connectivity index (χ1v) is 7.39. The highest BCUT2D eigenvalue weighted by atomic mass is 16.2. The number of carbonyl (C=O) groups excluding carboxylic acids is 1. The number of aromatic nitrogens is 3. The van der Waals surface area contributed by atoms with Gasteiger partial charge in [0.1, 0.15) is 0 Å². The molecule has 114 valence electrons. The zero-order chi connectivity index (χ0) is 15.5. The number of amides is 1. The van der Waals surface area contributed by atoms with Crippen molar-refractivity contribution in [3.63, 3.8) is 0 Å². The van der Waals surface area contributed by atoms with E-state index in [1.54, 1.807) is 12.4 Å². The van der Waals surface area contributed by atoms with E-state index >= 15 is 0 Å². The molecule has 1 atom stereocenters. The molecular formula is C16H18N4O2. The fourth-order valence-corrected chi connectivity index (χ4v) is 2.89. The molecular weight excluding hydrogens is 280 g/mol. The van der Waals surface area contributed by atoms with Crippen LogP contribution in [0.5, 0.6) is 0 Å². The highest BCUT2D eigenvalue weighted by molar-refractivity contribution is 5.94. The smallest absolute Gasteiger partial charge is 0.338 e. The van der Waals surface area contributed by atoms with E-state index in [0.29, 0.717) is 12.1 Å². The van der Waals surface area contributed by atoms with E-state index < -0.39 is 0 Å². The lowest BCUT2D eigenvalue weighted by Crippen LogP contribution is -2.39. The Bertz CT molecular complexity index is 741. The normalized spacial score (nSPS) is 18.2. The Morgan fingerprint density at radius 1 is 1.41 bits per heavy atom. The van der Waals surface area contributed by atoms with Gasteiger partial charge in [0.25, 0.3) is 5.91 Å². The average Bonchev–Trinajstić information content (AvgIpc) is 2.54. The Morgan fingerprint density at radius 3 is 3.05 bits per heavy atom. The summed E-state index contributed by atoms with van der Waals surface area (Å²) in [5.74, 6) is 0.142. The summed E-state index contributed by atoms with van der Waals surface area (Å²) in [6, 6.07) is 3.67. The molecule has 6 heteroatoms. The first-order chi connectivity index (χ1) is 10.6. The molecule has 2 aromatic heterocycles. The Hall–Kier alpha value is -2.50. The summed E-state index contributed by atoms with van der Waals surface area (Å²) in [5.41, 5.74) is 2.09. The summed E-state index contributed by atoms with van der Waals surface area (Å²) in [6.07, 6.45) is 6.72. The second-order valence-electron chi connectivity index (χ2n) is 5.67. The second kappa shape index (κ2) is 6.09. The first kappa shape index (κ1) is 14.4. The maximum Gasteiger partial charge on any atom is 0.345 e. The molecule has 0 aliphatic carbocycles. The van der Waals surface area contributed by atoms with Gasteiger partial charge in [-0.25, -0.2) is 9.78 Å². The third-order valence-corrected chi connectivity index (χ3v) is 3.97. The van der Waals surface area contributed by atoms with Crippen molar-refractivity contribution in [2.24, 2.45) is 0 Å². The van der Waals surface area contributed by atoms with Gasteiger partial charge in [0.2, 0.25) is 0 Å². The van der Waals surface area contributed by atoms with Gasteiger partial charge in [-0.1, -0.05) is 0 Å². The fourth-order valence-electron chi connectivity index (χ4n) is 2.89. The molecule has 0 spiro atoms. The number of nitrogens with zero attached hydrogens (tertiary/aromatic N) is 3. The van der Waals surface area contributed by atoms with Crippen LogP contribution in [0.1, 0.15) is 40.4 Å². The van der Waals surface area contributed by atoms with Crippen molar-refractivity contribution in [2.45, 2.75) is 25.7 Å². The minimum Gasteiger partial charge on any atom is -0.338 e. The van der Waals surface area contributed by atoms with Gasteiger partial charge < -0.3 is 9.88 Å². The fraction of sp³-hybridized carbons (Fsp3) is 0.375. The molecule has 22 heavy (non-hydrogen) atoms. The number of rotatable bonds is 2. The maximum atomic E-state index is 12.6. The zero-order valence-electron chi connectivity index (χ0n) is 12.5. The van der Waals surface area contributed by atoms with Crippen molar-refractivity contribution in [3.8, 4) is 0 Å². The van der Waals surface area contributed by atoms with E-state index in [9.17, 15) is 9.59 Å². The van der Waals surface area contributed by atoms with Crippen LogP contribution in [0.3, 0.4) is 0 Å². The minimum atomic E-state index is -0.344. The third-order valence-electron chi connectivity index (χ3n) is 3.97. The van der Waals surface area contributed by atoms with Crippen LogP contribution in [0, 0.1) is 6.92 Å². The molecule has 6 nitrogen and oxygen atoms in total. The molecule has 0 aromatic carbocycles. The topological polar surface area (TPSA) is 79.0 Å². The summed E-state index contributed by atoms with van der Waals surface area (Å²) < 4.78 is 0. The number of H-pyrrole nitrogens is 1. The summed E-state index contributed by atoms with van der Waals surface area (Å²) in [5, 5.41) is 0. The molecule has 2 aromatic rings. The Labute approximate surface area is 128 Å². The van der Waals surface area contributed by atoms with Gasteiger partial charge in [-0.3, -0.25) is 9.78 Å². The number of likely N-dealkylation sites (tertiary alicyclic amines) is 1. The molecule has 1 N–H and O–H groups in total. The van der Waals surface area contributed by atoms with E-state index in [1.807, 2.05) is 24.0 Å². The Morgan fingerprint density at radius 2 is 2.27 bits per heavy atom. The SMILES string of the molecule is Cc1cncc(C(=O)N2CCCC(c3ccnc(=O)[nH]3)C2)c1. The van der Waals surface area contributed by atoms with Crippen molar-refractivity contribution in [1.82, 2.24) is 19.9 Å². The number of pyridine rings is 1. The quantitative estimate of drug-likeness (QED) is 0.911. The van der Waals surface area contributed by atoms with Gasteiger partial charge >= 0.3 is 5.69 Å². The summed E-state index contributed by atoms with van der Waals surface area (Å²) in [6.45, 7) is 3.26. The van der Waals surface area contributed by atoms with E-state index in [-0.39, 0.29) is 17.5 Å².